The summed E-state index contributed by atoms with van der Waals surface area (Å²) in [7, 11) is 0. The van der Waals surface area contributed by atoms with Crippen molar-refractivity contribution >= 4 is 12.6 Å². The molecule has 15 heavy (non-hydrogen) atoms. The van der Waals surface area contributed by atoms with Gasteiger partial charge >= 0.3 is 0 Å². The highest BCUT2D eigenvalue weighted by Crippen LogP contribution is 2.22. The van der Waals surface area contributed by atoms with Crippen LogP contribution in [0.15, 0.2) is 0 Å². The lowest BCUT2D eigenvalue weighted by atomic mass is 9.91. The minimum absolute atomic E-state index is 1.02. The third-order valence-corrected chi connectivity index (χ3v) is 3.50. The molecule has 0 aliphatic rings. The minimum Gasteiger partial charge on any atom is -0.179 e. The van der Waals surface area contributed by atoms with Crippen LogP contribution in [0.3, 0.4) is 0 Å². The van der Waals surface area contributed by atoms with Crippen molar-refractivity contribution in [1.82, 2.24) is 0 Å². The van der Waals surface area contributed by atoms with Gasteiger partial charge in [-0.3, -0.25) is 0 Å². The maximum absolute atomic E-state index is 4.26. The predicted molar refractivity (Wildman–Crippen MR) is 74.9 cm³/mol. The molecule has 0 amide bonds. The van der Waals surface area contributed by atoms with Crippen LogP contribution in [-0.2, 0) is 0 Å². The summed E-state index contributed by atoms with van der Waals surface area (Å²) in [5, 5.41) is 0. The second-order valence-electron chi connectivity index (χ2n) is 4.72. The minimum atomic E-state index is 1.02. The number of unbranched alkanes of at least 4 members (excludes halogenated alkanes) is 4. The maximum Gasteiger partial charge on any atom is -0.00979 e. The highest BCUT2D eigenvalue weighted by Gasteiger charge is 2.06. The van der Waals surface area contributed by atoms with Gasteiger partial charge in [-0.15, -0.1) is 0 Å². The average Bonchev–Trinajstić information content (AvgIpc) is 2.24. The number of hydrogen-bond acceptors (Lipinski definition) is 1. The van der Waals surface area contributed by atoms with Crippen molar-refractivity contribution in [2.45, 2.75) is 78.1 Å². The monoisotopic (exact) mass is 230 g/mol. The van der Waals surface area contributed by atoms with Crippen molar-refractivity contribution in [2.24, 2.45) is 5.92 Å². The Morgan fingerprint density at radius 2 is 1.40 bits per heavy atom. The van der Waals surface area contributed by atoms with Gasteiger partial charge in [-0.25, -0.2) is 0 Å². The lowest BCUT2D eigenvalue weighted by Crippen LogP contribution is -2.00. The number of rotatable bonds is 11. The largest absolute Gasteiger partial charge is 0.179 e. The van der Waals surface area contributed by atoms with Crippen LogP contribution in [-0.4, -0.2) is 5.75 Å². The van der Waals surface area contributed by atoms with E-state index in [1.165, 1.54) is 64.2 Å². The smallest absolute Gasteiger partial charge is 0.00979 e. The molecule has 0 aromatic carbocycles. The molecular formula is C14H30S. The molecule has 0 radical (unpaired) electrons. The Morgan fingerprint density at radius 1 is 0.733 bits per heavy atom. The summed E-state index contributed by atoms with van der Waals surface area (Å²) < 4.78 is 0. The zero-order chi connectivity index (χ0) is 11.4. The van der Waals surface area contributed by atoms with E-state index in [1.54, 1.807) is 0 Å². The van der Waals surface area contributed by atoms with E-state index < -0.39 is 0 Å². The summed E-state index contributed by atoms with van der Waals surface area (Å²) in [6.07, 6.45) is 14.1. The van der Waals surface area contributed by atoms with Gasteiger partial charge in [-0.2, -0.15) is 12.6 Å². The standard InChI is InChI=1S/C14H30S/c1-3-5-7-11-14(10-4-2)12-8-6-9-13-15/h14-15H,3-13H2,1-2H3. The fourth-order valence-electron chi connectivity index (χ4n) is 2.25. The molecule has 0 rings (SSSR count). The van der Waals surface area contributed by atoms with E-state index in [2.05, 4.69) is 26.5 Å². The molecule has 1 unspecified atom stereocenters. The van der Waals surface area contributed by atoms with Gasteiger partial charge in [0.05, 0.1) is 0 Å². The molecule has 0 fully saturated rings. The van der Waals surface area contributed by atoms with Gasteiger partial charge in [-0.05, 0) is 18.1 Å². The Morgan fingerprint density at radius 3 is 1.93 bits per heavy atom. The first kappa shape index (κ1) is 15.3. The first-order valence-corrected chi connectivity index (χ1v) is 7.59. The lowest BCUT2D eigenvalue weighted by Gasteiger charge is -2.15. The van der Waals surface area contributed by atoms with Crippen molar-refractivity contribution in [3.8, 4) is 0 Å². The highest BCUT2D eigenvalue weighted by molar-refractivity contribution is 7.80. The van der Waals surface area contributed by atoms with Crippen LogP contribution >= 0.6 is 12.6 Å². The van der Waals surface area contributed by atoms with E-state index in [1.807, 2.05) is 0 Å². The molecule has 0 aromatic heterocycles. The molecule has 0 bridgehead atoms. The Labute approximate surface area is 103 Å². The van der Waals surface area contributed by atoms with Gasteiger partial charge in [0.1, 0.15) is 0 Å². The topological polar surface area (TPSA) is 0 Å². The lowest BCUT2D eigenvalue weighted by molar-refractivity contribution is 0.383. The first-order valence-electron chi connectivity index (χ1n) is 6.96. The van der Waals surface area contributed by atoms with Crippen LogP contribution in [0.1, 0.15) is 78.1 Å². The van der Waals surface area contributed by atoms with Gasteiger partial charge in [-0.1, -0.05) is 71.6 Å². The van der Waals surface area contributed by atoms with Crippen LogP contribution in [0, 0.1) is 5.92 Å². The molecular weight excluding hydrogens is 200 g/mol. The van der Waals surface area contributed by atoms with E-state index in [-0.39, 0.29) is 0 Å². The van der Waals surface area contributed by atoms with E-state index in [0.29, 0.717) is 0 Å². The molecule has 0 N–H and O–H groups in total. The maximum atomic E-state index is 4.26. The van der Waals surface area contributed by atoms with E-state index in [4.69, 9.17) is 0 Å². The Balaban J connectivity index is 3.44. The molecule has 0 aliphatic carbocycles. The van der Waals surface area contributed by atoms with Gasteiger partial charge < -0.3 is 0 Å². The summed E-state index contributed by atoms with van der Waals surface area (Å²) in [5.74, 6) is 2.08. The first-order chi connectivity index (χ1) is 7.35. The van der Waals surface area contributed by atoms with Crippen LogP contribution in [0.5, 0.6) is 0 Å². The van der Waals surface area contributed by atoms with Crippen LogP contribution in [0.2, 0.25) is 0 Å². The fourth-order valence-corrected chi connectivity index (χ4v) is 2.47. The van der Waals surface area contributed by atoms with Crippen LogP contribution in [0.4, 0.5) is 0 Å². The van der Waals surface area contributed by atoms with Gasteiger partial charge in [0.2, 0.25) is 0 Å². The second kappa shape index (κ2) is 12.4. The Bertz CT molecular complexity index is 112. The molecule has 0 aliphatic heterocycles. The summed E-state index contributed by atoms with van der Waals surface area (Å²) >= 11 is 4.26. The molecule has 0 saturated heterocycles. The zero-order valence-corrected chi connectivity index (χ0v) is 11.7. The molecule has 0 spiro atoms. The summed E-state index contributed by atoms with van der Waals surface area (Å²) in [6.45, 7) is 4.61. The quantitative estimate of drug-likeness (QED) is 0.353. The van der Waals surface area contributed by atoms with Crippen molar-refractivity contribution in [3.63, 3.8) is 0 Å². The fraction of sp³-hybridized carbons (Fsp3) is 1.00. The van der Waals surface area contributed by atoms with Crippen LogP contribution in [0.25, 0.3) is 0 Å². The van der Waals surface area contributed by atoms with Crippen LogP contribution < -0.4 is 0 Å². The molecule has 0 aromatic rings. The summed E-state index contributed by atoms with van der Waals surface area (Å²) in [5.41, 5.74) is 0. The van der Waals surface area contributed by atoms with E-state index in [9.17, 15) is 0 Å². The normalized spacial score (nSPS) is 13.0. The Hall–Kier alpha value is 0.350. The third-order valence-electron chi connectivity index (χ3n) is 3.18. The van der Waals surface area contributed by atoms with Gasteiger partial charge in [0.15, 0.2) is 0 Å². The SMILES string of the molecule is CCCCCC(CCC)CCCCCS. The van der Waals surface area contributed by atoms with E-state index >= 15 is 0 Å². The third kappa shape index (κ3) is 10.6. The zero-order valence-electron chi connectivity index (χ0n) is 10.8. The number of thiol groups is 1. The summed E-state index contributed by atoms with van der Waals surface area (Å²) in [4.78, 5) is 0. The highest BCUT2D eigenvalue weighted by atomic mass is 32.1. The van der Waals surface area contributed by atoms with Gasteiger partial charge in [0, 0.05) is 0 Å². The molecule has 0 saturated carbocycles. The van der Waals surface area contributed by atoms with Crippen molar-refractivity contribution in [3.05, 3.63) is 0 Å². The molecule has 1 atom stereocenters. The molecule has 0 heterocycles. The summed E-state index contributed by atoms with van der Waals surface area (Å²) in [6, 6.07) is 0. The number of hydrogen-bond donors (Lipinski definition) is 1. The van der Waals surface area contributed by atoms with Crippen molar-refractivity contribution in [1.29, 1.82) is 0 Å². The average molecular weight is 230 g/mol. The molecule has 0 nitrogen and oxygen atoms in total. The Kier molecular flexibility index (Phi) is 12.7. The molecule has 92 valence electrons. The second-order valence-corrected chi connectivity index (χ2v) is 5.17. The van der Waals surface area contributed by atoms with Gasteiger partial charge in [0.25, 0.3) is 0 Å². The predicted octanol–water partition coefficient (Wildman–Crippen LogP) is 5.47. The van der Waals surface area contributed by atoms with Crippen molar-refractivity contribution < 1.29 is 0 Å². The van der Waals surface area contributed by atoms with E-state index in [0.717, 1.165) is 11.7 Å². The molecule has 1 heteroatoms. The van der Waals surface area contributed by atoms with Crippen molar-refractivity contribution in [2.75, 3.05) is 5.75 Å².